The molecule has 204 valence electrons. The van der Waals surface area contributed by atoms with Crippen LogP contribution in [-0.4, -0.2) is 80.9 Å². The van der Waals surface area contributed by atoms with Gasteiger partial charge >= 0.3 is 6.03 Å². The number of likely N-dealkylation sites (N-methyl/N-ethyl adjacent to an activating group) is 1. The first-order valence-corrected chi connectivity index (χ1v) is 13.0. The highest BCUT2D eigenvalue weighted by Crippen LogP contribution is 2.32. The number of nitrogens with one attached hydrogen (secondary N) is 1. The number of hydrogen-bond acceptors (Lipinski definition) is 5. The smallest absolute Gasteiger partial charge is 0.318 e. The zero-order valence-electron chi connectivity index (χ0n) is 23.0. The number of anilines is 1. The summed E-state index contributed by atoms with van der Waals surface area (Å²) in [7, 11) is 6.35. The molecule has 0 unspecified atom stereocenters. The number of hydrogen-bond donors (Lipinski definition) is 1. The number of carbonyl (C=O) groups is 3. The van der Waals surface area contributed by atoms with Crippen molar-refractivity contribution in [1.82, 2.24) is 15.1 Å². The summed E-state index contributed by atoms with van der Waals surface area (Å²) in [5, 5.41) is 2.93. The molecule has 1 N–H and O–H groups in total. The molecule has 2 aromatic carbocycles. The van der Waals surface area contributed by atoms with E-state index >= 15 is 0 Å². The fourth-order valence-corrected chi connectivity index (χ4v) is 5.31. The van der Waals surface area contributed by atoms with Crippen molar-refractivity contribution in [3.63, 3.8) is 0 Å². The van der Waals surface area contributed by atoms with Gasteiger partial charge in [-0.3, -0.25) is 9.59 Å². The monoisotopic (exact) mass is 522 g/mol. The molecular weight excluding hydrogens is 484 g/mol. The third-order valence-electron chi connectivity index (χ3n) is 7.65. The third-order valence-corrected chi connectivity index (χ3v) is 7.65. The van der Waals surface area contributed by atoms with Gasteiger partial charge in [0, 0.05) is 59.1 Å². The molecule has 1 saturated heterocycles. The van der Waals surface area contributed by atoms with Crippen LogP contribution in [0.3, 0.4) is 0 Å². The minimum Gasteiger partial charge on any atom is -0.351 e. The molecule has 9 nitrogen and oxygen atoms in total. The van der Waals surface area contributed by atoms with Crippen LogP contribution >= 0.6 is 0 Å². The number of methoxy groups -OCH3 is 2. The molecule has 0 aromatic heterocycles. The number of likely N-dealkylation sites (tertiary alicyclic amines) is 1. The standard InChI is InChI=1S/C29H38N4O5/c1-20-16-22(26(34)32-15-9-8-11-21-10-6-7-12-24(21)32)13-14-23(20)18-30-28(36)33-19-29(37-4,38-5)17-25(33)27(35)31(2)3/h6-7,10,12-14,16,25H,8-9,11,15,17-19H2,1-5H3,(H,30,36)/t25-/m0/s1. The summed E-state index contributed by atoms with van der Waals surface area (Å²) in [4.78, 5) is 44.3. The van der Waals surface area contributed by atoms with E-state index in [1.165, 1.54) is 29.6 Å². The second-order valence-electron chi connectivity index (χ2n) is 10.2. The summed E-state index contributed by atoms with van der Waals surface area (Å²) in [6.07, 6.45) is 3.25. The van der Waals surface area contributed by atoms with Crippen molar-refractivity contribution in [3.8, 4) is 0 Å². The van der Waals surface area contributed by atoms with Crippen molar-refractivity contribution in [2.24, 2.45) is 0 Å². The van der Waals surface area contributed by atoms with Gasteiger partial charge in [-0.1, -0.05) is 24.3 Å². The lowest BCUT2D eigenvalue weighted by molar-refractivity contribution is -0.195. The van der Waals surface area contributed by atoms with Crippen LogP contribution in [0, 0.1) is 6.92 Å². The van der Waals surface area contributed by atoms with Crippen molar-refractivity contribution in [2.45, 2.75) is 51.0 Å². The first-order valence-electron chi connectivity index (χ1n) is 13.0. The fraction of sp³-hybridized carbons (Fsp3) is 0.483. The van der Waals surface area contributed by atoms with Crippen molar-refractivity contribution in [2.75, 3.05) is 46.3 Å². The fourth-order valence-electron chi connectivity index (χ4n) is 5.31. The highest BCUT2D eigenvalue weighted by molar-refractivity contribution is 6.06. The van der Waals surface area contributed by atoms with Crippen molar-refractivity contribution in [3.05, 3.63) is 64.7 Å². The van der Waals surface area contributed by atoms with E-state index in [4.69, 9.17) is 9.47 Å². The Bertz CT molecular complexity index is 1190. The number of urea groups is 1. The molecule has 2 aromatic rings. The van der Waals surface area contributed by atoms with Crippen LogP contribution in [0.4, 0.5) is 10.5 Å². The molecule has 4 rings (SSSR count). The predicted molar refractivity (Wildman–Crippen MR) is 145 cm³/mol. The van der Waals surface area contributed by atoms with E-state index in [1.807, 2.05) is 48.2 Å². The Morgan fingerprint density at radius 3 is 2.50 bits per heavy atom. The number of amides is 4. The Kier molecular flexibility index (Phi) is 8.38. The SMILES string of the molecule is COC1(OC)C[C@@H](C(=O)N(C)C)N(C(=O)NCc2ccc(C(=O)N3CCCCc4ccccc43)cc2C)C1. The Balaban J connectivity index is 1.46. The van der Waals surface area contributed by atoms with Gasteiger partial charge in [0.2, 0.25) is 5.91 Å². The maximum atomic E-state index is 13.5. The molecule has 2 aliphatic heterocycles. The van der Waals surface area contributed by atoms with E-state index in [0.29, 0.717) is 12.1 Å². The van der Waals surface area contributed by atoms with Gasteiger partial charge in [0.25, 0.3) is 5.91 Å². The first-order chi connectivity index (χ1) is 18.2. The summed E-state index contributed by atoms with van der Waals surface area (Å²) in [6, 6.07) is 12.6. The molecule has 9 heteroatoms. The van der Waals surface area contributed by atoms with E-state index in [1.54, 1.807) is 14.1 Å². The minimum absolute atomic E-state index is 0.0180. The molecule has 0 saturated carbocycles. The van der Waals surface area contributed by atoms with Gasteiger partial charge < -0.3 is 29.5 Å². The number of para-hydroxylation sites is 1. The highest BCUT2D eigenvalue weighted by atomic mass is 16.7. The maximum Gasteiger partial charge on any atom is 0.318 e. The zero-order chi connectivity index (χ0) is 27.4. The normalized spacial score (nSPS) is 18.5. The molecule has 1 fully saturated rings. The Labute approximate surface area is 224 Å². The summed E-state index contributed by atoms with van der Waals surface area (Å²) in [5.74, 6) is -1.24. The summed E-state index contributed by atoms with van der Waals surface area (Å²) in [6.45, 7) is 3.03. The second kappa shape index (κ2) is 11.5. The van der Waals surface area contributed by atoms with Crippen LogP contribution in [0.25, 0.3) is 0 Å². The Morgan fingerprint density at radius 2 is 1.82 bits per heavy atom. The Hall–Kier alpha value is -3.43. The van der Waals surface area contributed by atoms with Crippen molar-refractivity contribution >= 4 is 23.5 Å². The Morgan fingerprint density at radius 1 is 1.08 bits per heavy atom. The quantitative estimate of drug-likeness (QED) is 0.588. The van der Waals surface area contributed by atoms with Gasteiger partial charge in [0.1, 0.15) is 6.04 Å². The molecule has 2 heterocycles. The molecule has 1 atom stereocenters. The van der Waals surface area contributed by atoms with Crippen LogP contribution in [-0.2, 0) is 27.2 Å². The summed E-state index contributed by atoms with van der Waals surface area (Å²) >= 11 is 0. The number of nitrogens with zero attached hydrogens (tertiary/aromatic N) is 3. The van der Waals surface area contributed by atoms with Crippen LogP contribution in [0.2, 0.25) is 0 Å². The van der Waals surface area contributed by atoms with E-state index in [0.717, 1.165) is 36.1 Å². The topological polar surface area (TPSA) is 91.4 Å². The number of rotatable bonds is 6. The van der Waals surface area contributed by atoms with E-state index in [9.17, 15) is 14.4 Å². The molecule has 0 aliphatic carbocycles. The third kappa shape index (κ3) is 5.54. The number of benzene rings is 2. The first kappa shape index (κ1) is 27.6. The zero-order valence-corrected chi connectivity index (χ0v) is 23.0. The van der Waals surface area contributed by atoms with Gasteiger partial charge in [0.15, 0.2) is 5.79 Å². The summed E-state index contributed by atoms with van der Waals surface area (Å²) in [5.41, 5.74) is 4.61. The lowest BCUT2D eigenvalue weighted by Gasteiger charge is -2.27. The largest absolute Gasteiger partial charge is 0.351 e. The molecule has 2 aliphatic rings. The summed E-state index contributed by atoms with van der Waals surface area (Å²) < 4.78 is 11.1. The number of fused-ring (bicyclic) bond motifs is 1. The van der Waals surface area contributed by atoms with Gasteiger partial charge in [-0.15, -0.1) is 0 Å². The van der Waals surface area contributed by atoms with Gasteiger partial charge in [-0.05, 0) is 61.1 Å². The predicted octanol–water partition coefficient (Wildman–Crippen LogP) is 3.34. The van der Waals surface area contributed by atoms with E-state index in [2.05, 4.69) is 11.4 Å². The van der Waals surface area contributed by atoms with Crippen LogP contribution in [0.1, 0.15) is 46.3 Å². The number of ether oxygens (including phenoxy) is 2. The van der Waals surface area contributed by atoms with Gasteiger partial charge in [0.05, 0.1) is 6.54 Å². The molecular formula is C29H38N4O5. The van der Waals surface area contributed by atoms with Gasteiger partial charge in [-0.25, -0.2) is 4.79 Å². The van der Waals surface area contributed by atoms with Gasteiger partial charge in [-0.2, -0.15) is 0 Å². The molecule has 38 heavy (non-hydrogen) atoms. The lowest BCUT2D eigenvalue weighted by Crippen LogP contribution is -2.49. The average Bonchev–Trinajstić information content (AvgIpc) is 3.19. The van der Waals surface area contributed by atoms with E-state index < -0.39 is 11.8 Å². The molecule has 4 amide bonds. The second-order valence-corrected chi connectivity index (χ2v) is 10.2. The molecule has 0 bridgehead atoms. The van der Waals surface area contributed by atoms with E-state index in [-0.39, 0.29) is 37.4 Å². The van der Waals surface area contributed by atoms with Crippen molar-refractivity contribution in [1.29, 1.82) is 0 Å². The molecule has 0 spiro atoms. The maximum absolute atomic E-state index is 13.5. The lowest BCUT2D eigenvalue weighted by atomic mass is 10.0. The van der Waals surface area contributed by atoms with Crippen LogP contribution in [0.5, 0.6) is 0 Å². The number of carbonyl (C=O) groups excluding carboxylic acids is 3. The molecule has 0 radical (unpaired) electrons. The van der Waals surface area contributed by atoms with Crippen LogP contribution in [0.15, 0.2) is 42.5 Å². The highest BCUT2D eigenvalue weighted by Gasteiger charge is 2.50. The van der Waals surface area contributed by atoms with Crippen LogP contribution < -0.4 is 10.2 Å². The van der Waals surface area contributed by atoms with Crippen molar-refractivity contribution < 1.29 is 23.9 Å². The number of aryl methyl sites for hydroxylation is 2. The average molecular weight is 523 g/mol. The minimum atomic E-state index is -1.03.